The molecular weight excluding hydrogens is 342 g/mol. The largest absolute Gasteiger partial charge is 0.489 e. The number of fused-ring (bicyclic) bond motifs is 1. The Balaban J connectivity index is 1.49. The van der Waals surface area contributed by atoms with Gasteiger partial charge in [-0.05, 0) is 71.1 Å². The summed E-state index contributed by atoms with van der Waals surface area (Å²) in [5.41, 5.74) is 5.70. The second-order valence-electron chi connectivity index (χ2n) is 7.03. The summed E-state index contributed by atoms with van der Waals surface area (Å²) in [6.07, 6.45) is 1.88. The minimum absolute atomic E-state index is 0.541. The van der Waals surface area contributed by atoms with E-state index >= 15 is 0 Å². The second-order valence-corrected chi connectivity index (χ2v) is 7.03. The Morgan fingerprint density at radius 1 is 0.786 bits per heavy atom. The number of hydrogen-bond donors (Lipinski definition) is 0. The van der Waals surface area contributed by atoms with Crippen molar-refractivity contribution >= 4 is 22.7 Å². The number of nitrogens with zero attached hydrogens (tertiary/aromatic N) is 1. The van der Waals surface area contributed by atoms with Crippen LogP contribution in [-0.2, 0) is 6.61 Å². The zero-order valence-electron chi connectivity index (χ0n) is 16.2. The Labute approximate surface area is 166 Å². The van der Waals surface area contributed by atoms with E-state index in [9.17, 15) is 0 Å². The standard InChI is InChI=1S/C26H23NO/c1-19-13-14-24(15-20(19)2)27-17-21-7-5-11-25(16-21)28-18-23-10-6-9-22-8-3-4-12-26(22)23/h3-17H,18H2,1-2H3. The molecule has 0 fully saturated rings. The summed E-state index contributed by atoms with van der Waals surface area (Å²) in [7, 11) is 0. The Kier molecular flexibility index (Phi) is 5.20. The molecule has 0 saturated heterocycles. The van der Waals surface area contributed by atoms with Gasteiger partial charge in [-0.2, -0.15) is 0 Å². The summed E-state index contributed by atoms with van der Waals surface area (Å²) < 4.78 is 6.07. The molecule has 0 amide bonds. The maximum Gasteiger partial charge on any atom is 0.120 e. The molecule has 138 valence electrons. The summed E-state index contributed by atoms with van der Waals surface area (Å²) in [6.45, 7) is 4.76. The number of rotatable bonds is 5. The van der Waals surface area contributed by atoms with Gasteiger partial charge in [0.15, 0.2) is 0 Å². The van der Waals surface area contributed by atoms with E-state index in [0.29, 0.717) is 6.61 Å². The minimum atomic E-state index is 0.541. The van der Waals surface area contributed by atoms with E-state index in [1.807, 2.05) is 36.5 Å². The lowest BCUT2D eigenvalue weighted by Gasteiger charge is -2.09. The summed E-state index contributed by atoms with van der Waals surface area (Å²) in [5.74, 6) is 0.844. The van der Waals surface area contributed by atoms with E-state index < -0.39 is 0 Å². The van der Waals surface area contributed by atoms with Gasteiger partial charge in [0.25, 0.3) is 0 Å². The highest BCUT2D eigenvalue weighted by Crippen LogP contribution is 2.22. The van der Waals surface area contributed by atoms with Crippen LogP contribution in [0.5, 0.6) is 5.75 Å². The third-order valence-corrected chi connectivity index (χ3v) is 4.99. The molecule has 0 heterocycles. The zero-order chi connectivity index (χ0) is 19.3. The van der Waals surface area contributed by atoms with Gasteiger partial charge in [-0.15, -0.1) is 0 Å². The molecule has 0 aliphatic rings. The molecule has 0 aromatic heterocycles. The Bertz CT molecular complexity index is 1140. The first-order valence-electron chi connectivity index (χ1n) is 9.50. The zero-order valence-corrected chi connectivity index (χ0v) is 16.2. The third kappa shape index (κ3) is 4.12. The molecule has 0 unspecified atom stereocenters. The van der Waals surface area contributed by atoms with Crippen LogP contribution in [0, 0.1) is 13.8 Å². The van der Waals surface area contributed by atoms with Crippen LogP contribution in [0.25, 0.3) is 10.8 Å². The molecule has 0 aliphatic heterocycles. The molecule has 0 atom stereocenters. The average molecular weight is 365 g/mol. The Morgan fingerprint density at radius 3 is 2.50 bits per heavy atom. The van der Waals surface area contributed by atoms with Crippen LogP contribution in [0.2, 0.25) is 0 Å². The fraction of sp³-hybridized carbons (Fsp3) is 0.115. The first-order chi connectivity index (χ1) is 13.7. The second kappa shape index (κ2) is 8.10. The molecule has 2 heteroatoms. The Hall–Kier alpha value is -3.39. The van der Waals surface area contributed by atoms with Gasteiger partial charge in [0, 0.05) is 6.21 Å². The molecule has 0 N–H and O–H groups in total. The van der Waals surface area contributed by atoms with Crippen molar-refractivity contribution in [1.82, 2.24) is 0 Å². The van der Waals surface area contributed by atoms with Gasteiger partial charge in [-0.3, -0.25) is 4.99 Å². The SMILES string of the molecule is Cc1ccc(N=Cc2cccc(OCc3cccc4ccccc34)c2)cc1C. The van der Waals surface area contributed by atoms with E-state index in [-0.39, 0.29) is 0 Å². The van der Waals surface area contributed by atoms with Crippen molar-refractivity contribution in [2.45, 2.75) is 20.5 Å². The quantitative estimate of drug-likeness (QED) is 0.357. The van der Waals surface area contributed by atoms with Crippen molar-refractivity contribution in [3.63, 3.8) is 0 Å². The smallest absolute Gasteiger partial charge is 0.120 e. The first kappa shape index (κ1) is 18.0. The Morgan fingerprint density at radius 2 is 1.61 bits per heavy atom. The monoisotopic (exact) mass is 365 g/mol. The van der Waals surface area contributed by atoms with E-state index in [1.54, 1.807) is 0 Å². The van der Waals surface area contributed by atoms with E-state index in [2.05, 4.69) is 73.4 Å². The van der Waals surface area contributed by atoms with E-state index in [4.69, 9.17) is 4.74 Å². The predicted molar refractivity (Wildman–Crippen MR) is 118 cm³/mol. The molecule has 0 radical (unpaired) electrons. The lowest BCUT2D eigenvalue weighted by molar-refractivity contribution is 0.307. The van der Waals surface area contributed by atoms with Gasteiger partial charge in [-0.1, -0.05) is 60.7 Å². The van der Waals surface area contributed by atoms with Crippen LogP contribution in [0.4, 0.5) is 5.69 Å². The van der Waals surface area contributed by atoms with Gasteiger partial charge in [0.1, 0.15) is 12.4 Å². The third-order valence-electron chi connectivity index (χ3n) is 4.99. The van der Waals surface area contributed by atoms with Gasteiger partial charge < -0.3 is 4.74 Å². The number of aliphatic imine (C=N–C) groups is 1. The molecule has 4 aromatic carbocycles. The maximum absolute atomic E-state index is 6.07. The van der Waals surface area contributed by atoms with Crippen LogP contribution in [-0.4, -0.2) is 6.21 Å². The van der Waals surface area contributed by atoms with Crippen molar-refractivity contribution in [2.24, 2.45) is 4.99 Å². The fourth-order valence-corrected chi connectivity index (χ4v) is 3.22. The summed E-state index contributed by atoms with van der Waals surface area (Å²) in [5, 5.41) is 2.47. The topological polar surface area (TPSA) is 21.6 Å². The summed E-state index contributed by atoms with van der Waals surface area (Å²) in [4.78, 5) is 4.60. The normalized spacial score (nSPS) is 11.2. The summed E-state index contributed by atoms with van der Waals surface area (Å²) >= 11 is 0. The van der Waals surface area contributed by atoms with E-state index in [0.717, 1.165) is 17.0 Å². The number of benzene rings is 4. The molecule has 28 heavy (non-hydrogen) atoms. The molecule has 0 aliphatic carbocycles. The van der Waals surface area contributed by atoms with Crippen LogP contribution in [0.15, 0.2) is 89.9 Å². The number of hydrogen-bond acceptors (Lipinski definition) is 2. The van der Waals surface area contributed by atoms with Crippen LogP contribution >= 0.6 is 0 Å². The number of ether oxygens (including phenoxy) is 1. The lowest BCUT2D eigenvalue weighted by Crippen LogP contribution is -1.97. The van der Waals surface area contributed by atoms with Crippen LogP contribution < -0.4 is 4.74 Å². The lowest BCUT2D eigenvalue weighted by atomic mass is 10.1. The van der Waals surface area contributed by atoms with Crippen molar-refractivity contribution < 1.29 is 4.74 Å². The molecule has 0 saturated carbocycles. The van der Waals surface area contributed by atoms with Gasteiger partial charge in [0.2, 0.25) is 0 Å². The highest BCUT2D eigenvalue weighted by Gasteiger charge is 2.02. The molecule has 2 nitrogen and oxygen atoms in total. The van der Waals surface area contributed by atoms with Crippen molar-refractivity contribution in [3.05, 3.63) is 107 Å². The summed E-state index contributed by atoms with van der Waals surface area (Å²) in [6, 6.07) is 29.0. The highest BCUT2D eigenvalue weighted by molar-refractivity contribution is 5.85. The van der Waals surface area contributed by atoms with Crippen LogP contribution in [0.1, 0.15) is 22.3 Å². The minimum Gasteiger partial charge on any atom is -0.489 e. The molecule has 4 aromatic rings. The van der Waals surface area contributed by atoms with Crippen molar-refractivity contribution in [1.29, 1.82) is 0 Å². The molecular formula is C26H23NO. The van der Waals surface area contributed by atoms with Crippen LogP contribution in [0.3, 0.4) is 0 Å². The van der Waals surface area contributed by atoms with Crippen molar-refractivity contribution in [3.8, 4) is 5.75 Å². The van der Waals surface area contributed by atoms with Gasteiger partial charge in [0.05, 0.1) is 5.69 Å². The molecule has 0 spiro atoms. The van der Waals surface area contributed by atoms with Gasteiger partial charge in [-0.25, -0.2) is 0 Å². The predicted octanol–water partition coefficient (Wildman–Crippen LogP) is 6.79. The average Bonchev–Trinajstić information content (AvgIpc) is 2.73. The molecule has 0 bridgehead atoms. The molecule has 4 rings (SSSR count). The van der Waals surface area contributed by atoms with Crippen molar-refractivity contribution in [2.75, 3.05) is 0 Å². The number of aryl methyl sites for hydroxylation is 2. The highest BCUT2D eigenvalue weighted by atomic mass is 16.5. The maximum atomic E-state index is 6.07. The fourth-order valence-electron chi connectivity index (χ4n) is 3.22. The van der Waals surface area contributed by atoms with Gasteiger partial charge >= 0.3 is 0 Å². The van der Waals surface area contributed by atoms with E-state index in [1.165, 1.54) is 27.5 Å². The first-order valence-corrected chi connectivity index (χ1v) is 9.50.